The van der Waals surface area contributed by atoms with Crippen LogP contribution in [-0.2, 0) is 14.3 Å². The monoisotopic (exact) mass is 422 g/mol. The van der Waals surface area contributed by atoms with E-state index in [9.17, 15) is 9.59 Å². The van der Waals surface area contributed by atoms with Gasteiger partial charge in [0.25, 0.3) is 0 Å². The Morgan fingerprint density at radius 1 is 1.03 bits per heavy atom. The van der Waals surface area contributed by atoms with Crippen molar-refractivity contribution in [2.45, 2.75) is 52.2 Å². The molecule has 3 rings (SSSR count). The maximum Gasteiger partial charge on any atom is 0.306 e. The van der Waals surface area contributed by atoms with Crippen LogP contribution in [0, 0.1) is 5.92 Å². The van der Waals surface area contributed by atoms with Crippen LogP contribution in [0.4, 0.5) is 5.69 Å². The number of piperidine rings is 1. The van der Waals surface area contributed by atoms with Gasteiger partial charge in [0.2, 0.25) is 5.91 Å². The van der Waals surface area contributed by atoms with Crippen molar-refractivity contribution in [3.63, 3.8) is 0 Å². The van der Waals surface area contributed by atoms with Gasteiger partial charge in [-0.25, -0.2) is 0 Å². The number of carbonyl (C=O) groups is 2. The maximum absolute atomic E-state index is 12.8. The molecule has 1 fully saturated rings. The highest BCUT2D eigenvalue weighted by molar-refractivity contribution is 5.93. The molecule has 1 saturated heterocycles. The van der Waals surface area contributed by atoms with Gasteiger partial charge >= 0.3 is 5.97 Å². The molecular weight excluding hydrogens is 388 g/mol. The number of likely N-dealkylation sites (tertiary alicyclic amines) is 1. The Kier molecular flexibility index (Phi) is 8.24. The lowest BCUT2D eigenvalue weighted by atomic mass is 9.91. The van der Waals surface area contributed by atoms with E-state index in [0.29, 0.717) is 25.3 Å². The first-order valence-electron chi connectivity index (χ1n) is 11.4. The minimum Gasteiger partial charge on any atom is -0.456 e. The molecular formula is C26H34N2O3. The third-order valence-electron chi connectivity index (χ3n) is 6.04. The van der Waals surface area contributed by atoms with Crippen LogP contribution in [0.3, 0.4) is 0 Å². The van der Waals surface area contributed by atoms with Crippen molar-refractivity contribution in [3.8, 4) is 0 Å². The van der Waals surface area contributed by atoms with Gasteiger partial charge in [-0.3, -0.25) is 14.5 Å². The summed E-state index contributed by atoms with van der Waals surface area (Å²) < 4.78 is 5.78. The predicted molar refractivity (Wildman–Crippen MR) is 124 cm³/mol. The van der Waals surface area contributed by atoms with Crippen molar-refractivity contribution < 1.29 is 14.3 Å². The number of anilines is 1. The molecule has 0 N–H and O–H groups in total. The molecule has 3 atom stereocenters. The summed E-state index contributed by atoms with van der Waals surface area (Å²) in [6.45, 7) is 8.34. The number of para-hydroxylation sites is 1. The van der Waals surface area contributed by atoms with Gasteiger partial charge in [0.1, 0.15) is 6.10 Å². The van der Waals surface area contributed by atoms with Gasteiger partial charge in [-0.1, -0.05) is 69.3 Å². The normalized spacial score (nSPS) is 20.1. The Hall–Kier alpha value is -2.66. The van der Waals surface area contributed by atoms with Crippen molar-refractivity contribution in [3.05, 3.63) is 66.2 Å². The molecule has 1 aliphatic heterocycles. The third-order valence-corrected chi connectivity index (χ3v) is 6.04. The fourth-order valence-electron chi connectivity index (χ4n) is 4.40. The summed E-state index contributed by atoms with van der Waals surface area (Å²) in [4.78, 5) is 29.2. The Balaban J connectivity index is 1.71. The first-order valence-corrected chi connectivity index (χ1v) is 11.4. The molecule has 0 aromatic heterocycles. The van der Waals surface area contributed by atoms with Crippen molar-refractivity contribution in [2.24, 2.45) is 5.92 Å². The summed E-state index contributed by atoms with van der Waals surface area (Å²) in [5.74, 6) is 0.291. The van der Waals surface area contributed by atoms with E-state index in [1.807, 2.05) is 79.4 Å². The largest absolute Gasteiger partial charge is 0.456 e. The molecule has 0 bridgehead atoms. The standard InChI is InChI=1S/C26H34N2O3/c1-4-25(29)28(22-14-10-7-11-15-22)23-16-17-27(18-20(23)3)19-24(31-26(30)5-2)21-12-8-6-9-13-21/h6-15,20,23-24H,4-5,16-19H2,1-3H3/t20-,23-,24-/m1/s1. The van der Waals surface area contributed by atoms with E-state index in [4.69, 9.17) is 4.74 Å². The Labute approximate surface area is 186 Å². The summed E-state index contributed by atoms with van der Waals surface area (Å²) >= 11 is 0. The molecule has 1 aliphatic rings. The number of hydrogen-bond acceptors (Lipinski definition) is 4. The fraction of sp³-hybridized carbons (Fsp3) is 0.462. The second kappa shape index (κ2) is 11.1. The van der Waals surface area contributed by atoms with Crippen LogP contribution in [0.5, 0.6) is 0 Å². The zero-order valence-corrected chi connectivity index (χ0v) is 18.9. The molecule has 2 aromatic rings. The molecule has 5 nitrogen and oxygen atoms in total. The van der Waals surface area contributed by atoms with E-state index in [0.717, 1.165) is 30.8 Å². The van der Waals surface area contributed by atoms with Gasteiger partial charge in [-0.15, -0.1) is 0 Å². The summed E-state index contributed by atoms with van der Waals surface area (Å²) in [6, 6.07) is 20.1. The average Bonchev–Trinajstić information content (AvgIpc) is 2.81. The molecule has 166 valence electrons. The molecule has 2 aromatic carbocycles. The van der Waals surface area contributed by atoms with Gasteiger partial charge in [-0.2, -0.15) is 0 Å². The minimum absolute atomic E-state index is 0.163. The van der Waals surface area contributed by atoms with E-state index in [-0.39, 0.29) is 24.0 Å². The Morgan fingerprint density at radius 2 is 1.68 bits per heavy atom. The Morgan fingerprint density at radius 3 is 2.26 bits per heavy atom. The van der Waals surface area contributed by atoms with Gasteiger partial charge in [0.15, 0.2) is 0 Å². The Bertz CT molecular complexity index is 840. The molecule has 1 amide bonds. The SMILES string of the molecule is CCC(=O)O[C@H](CN1CC[C@@H](N(C(=O)CC)c2ccccc2)[C@H](C)C1)c1ccccc1. The maximum atomic E-state index is 12.8. The molecule has 5 heteroatoms. The molecule has 0 aliphatic carbocycles. The molecule has 0 radical (unpaired) electrons. The van der Waals surface area contributed by atoms with Crippen molar-refractivity contribution in [2.75, 3.05) is 24.5 Å². The number of rotatable bonds is 8. The van der Waals surface area contributed by atoms with E-state index in [1.54, 1.807) is 0 Å². The first kappa shape index (κ1) is 23.0. The summed E-state index contributed by atoms with van der Waals surface area (Å²) in [7, 11) is 0. The number of benzene rings is 2. The first-order chi connectivity index (χ1) is 15.0. The lowest BCUT2D eigenvalue weighted by Gasteiger charge is -2.43. The third kappa shape index (κ3) is 5.95. The molecule has 0 spiro atoms. The highest BCUT2D eigenvalue weighted by Gasteiger charge is 2.34. The van der Waals surface area contributed by atoms with Crippen LogP contribution in [0.1, 0.15) is 51.7 Å². The minimum atomic E-state index is -0.278. The number of nitrogens with zero attached hydrogens (tertiary/aromatic N) is 2. The lowest BCUT2D eigenvalue weighted by Crippen LogP contribution is -2.53. The smallest absolute Gasteiger partial charge is 0.306 e. The van der Waals surface area contributed by atoms with Crippen molar-refractivity contribution in [1.82, 2.24) is 4.90 Å². The zero-order valence-electron chi connectivity index (χ0n) is 18.9. The summed E-state index contributed by atoms with van der Waals surface area (Å²) in [5.41, 5.74) is 1.99. The summed E-state index contributed by atoms with van der Waals surface area (Å²) in [5, 5.41) is 0. The van der Waals surface area contributed by atoms with Crippen LogP contribution in [-0.4, -0.2) is 42.5 Å². The van der Waals surface area contributed by atoms with Crippen molar-refractivity contribution >= 4 is 17.6 Å². The highest BCUT2D eigenvalue weighted by atomic mass is 16.5. The second-order valence-corrected chi connectivity index (χ2v) is 8.29. The lowest BCUT2D eigenvalue weighted by molar-refractivity contribution is -0.150. The quantitative estimate of drug-likeness (QED) is 0.572. The van der Waals surface area contributed by atoms with Crippen LogP contribution in [0.15, 0.2) is 60.7 Å². The van der Waals surface area contributed by atoms with Gasteiger partial charge in [0, 0.05) is 44.2 Å². The molecule has 1 heterocycles. The highest BCUT2D eigenvalue weighted by Crippen LogP contribution is 2.29. The second-order valence-electron chi connectivity index (χ2n) is 8.29. The number of hydrogen-bond donors (Lipinski definition) is 0. The van der Waals surface area contributed by atoms with E-state index < -0.39 is 0 Å². The van der Waals surface area contributed by atoms with Gasteiger partial charge in [-0.05, 0) is 30.0 Å². The summed E-state index contributed by atoms with van der Waals surface area (Å²) in [6.07, 6.45) is 1.47. The zero-order chi connectivity index (χ0) is 22.2. The fourth-order valence-corrected chi connectivity index (χ4v) is 4.40. The van der Waals surface area contributed by atoms with Crippen LogP contribution in [0.25, 0.3) is 0 Å². The van der Waals surface area contributed by atoms with Crippen LogP contribution < -0.4 is 4.90 Å². The van der Waals surface area contributed by atoms with E-state index in [2.05, 4.69) is 11.8 Å². The molecule has 0 unspecified atom stereocenters. The number of esters is 1. The van der Waals surface area contributed by atoms with Gasteiger partial charge in [0.05, 0.1) is 0 Å². The molecule has 0 saturated carbocycles. The average molecular weight is 423 g/mol. The van der Waals surface area contributed by atoms with Crippen LogP contribution in [0.2, 0.25) is 0 Å². The van der Waals surface area contributed by atoms with E-state index in [1.165, 1.54) is 0 Å². The number of amides is 1. The number of ether oxygens (including phenoxy) is 1. The predicted octanol–water partition coefficient (Wildman–Crippen LogP) is 4.83. The van der Waals surface area contributed by atoms with Crippen molar-refractivity contribution in [1.29, 1.82) is 0 Å². The topological polar surface area (TPSA) is 49.9 Å². The number of carbonyl (C=O) groups excluding carboxylic acids is 2. The van der Waals surface area contributed by atoms with Gasteiger partial charge < -0.3 is 9.64 Å². The van der Waals surface area contributed by atoms with Crippen LogP contribution >= 0.6 is 0 Å². The van der Waals surface area contributed by atoms with E-state index >= 15 is 0 Å². The molecule has 31 heavy (non-hydrogen) atoms.